The Morgan fingerprint density at radius 3 is 2.89 bits per heavy atom. The topological polar surface area (TPSA) is 55.9 Å². The molecule has 0 saturated carbocycles. The van der Waals surface area contributed by atoms with Crippen LogP contribution in [-0.4, -0.2) is 24.4 Å². The van der Waals surface area contributed by atoms with Crippen LogP contribution in [0.3, 0.4) is 0 Å². The third-order valence-corrected chi connectivity index (χ3v) is 3.03. The van der Waals surface area contributed by atoms with Gasteiger partial charge >= 0.3 is 0 Å². The van der Waals surface area contributed by atoms with Crippen molar-refractivity contribution in [3.63, 3.8) is 0 Å². The summed E-state index contributed by atoms with van der Waals surface area (Å²) in [7, 11) is 0. The monoisotopic (exact) mass is 248 g/mol. The second-order valence-corrected chi connectivity index (χ2v) is 4.33. The Balaban J connectivity index is 2.11. The van der Waals surface area contributed by atoms with Crippen molar-refractivity contribution in [2.24, 2.45) is 0 Å². The van der Waals surface area contributed by atoms with E-state index in [9.17, 15) is 5.11 Å². The summed E-state index contributed by atoms with van der Waals surface area (Å²) in [6.07, 6.45) is 6.51. The third kappa shape index (κ3) is 2.61. The molecule has 2 heterocycles. The fourth-order valence-corrected chi connectivity index (χ4v) is 2.14. The van der Waals surface area contributed by atoms with E-state index in [-0.39, 0.29) is 0 Å². The Bertz CT molecular complexity index is 489. The first-order valence-electron chi connectivity index (χ1n) is 6.46. The number of aliphatic hydroxyl groups excluding tert-OH is 1. The molecular formula is C13H20N4O. The van der Waals surface area contributed by atoms with Gasteiger partial charge in [-0.2, -0.15) is 5.10 Å². The second-order valence-electron chi connectivity index (χ2n) is 4.33. The van der Waals surface area contributed by atoms with E-state index in [1.54, 1.807) is 12.4 Å². The Kier molecular flexibility index (Phi) is 4.15. The quantitative estimate of drug-likeness (QED) is 0.848. The van der Waals surface area contributed by atoms with Gasteiger partial charge in [-0.25, -0.2) is 4.98 Å². The van der Waals surface area contributed by atoms with Gasteiger partial charge in [-0.05, 0) is 19.4 Å². The lowest BCUT2D eigenvalue weighted by atomic mass is 10.2. The number of aliphatic hydroxyl groups is 1. The zero-order chi connectivity index (χ0) is 13.0. The highest BCUT2D eigenvalue weighted by Crippen LogP contribution is 2.17. The number of aromatic nitrogens is 4. The molecule has 2 aromatic rings. The Hall–Kier alpha value is -1.62. The van der Waals surface area contributed by atoms with Gasteiger partial charge in [0, 0.05) is 38.1 Å². The number of hydrogen-bond acceptors (Lipinski definition) is 3. The van der Waals surface area contributed by atoms with Gasteiger partial charge in [0.1, 0.15) is 11.9 Å². The molecule has 1 atom stereocenters. The minimum Gasteiger partial charge on any atom is -0.386 e. The van der Waals surface area contributed by atoms with E-state index in [1.165, 1.54) is 0 Å². The molecule has 1 N–H and O–H groups in total. The molecule has 0 spiro atoms. The van der Waals surface area contributed by atoms with Crippen LogP contribution in [-0.2, 0) is 19.5 Å². The van der Waals surface area contributed by atoms with Crippen molar-refractivity contribution < 1.29 is 5.11 Å². The van der Waals surface area contributed by atoms with E-state index in [0.29, 0.717) is 6.42 Å². The summed E-state index contributed by atoms with van der Waals surface area (Å²) in [5.41, 5.74) is 0.851. The fraction of sp³-hybridized carbons (Fsp3) is 0.538. The zero-order valence-electron chi connectivity index (χ0n) is 11.0. The van der Waals surface area contributed by atoms with Gasteiger partial charge < -0.3 is 9.67 Å². The summed E-state index contributed by atoms with van der Waals surface area (Å²) in [6.45, 7) is 5.85. The van der Waals surface area contributed by atoms with Crippen LogP contribution in [0.15, 0.2) is 24.7 Å². The number of nitrogens with zero attached hydrogens (tertiary/aromatic N) is 4. The van der Waals surface area contributed by atoms with E-state index in [2.05, 4.69) is 21.6 Å². The predicted octanol–water partition coefficient (Wildman–Crippen LogP) is 1.79. The average molecular weight is 248 g/mol. The molecule has 0 amide bonds. The highest BCUT2D eigenvalue weighted by molar-refractivity contribution is 5.08. The molecule has 1 unspecified atom stereocenters. The van der Waals surface area contributed by atoms with E-state index >= 15 is 0 Å². The van der Waals surface area contributed by atoms with Crippen LogP contribution in [0, 0.1) is 0 Å². The molecule has 98 valence electrons. The van der Waals surface area contributed by atoms with Crippen LogP contribution >= 0.6 is 0 Å². The molecule has 0 bridgehead atoms. The third-order valence-electron chi connectivity index (χ3n) is 3.03. The normalized spacial score (nSPS) is 12.8. The number of aryl methyl sites for hydroxylation is 2. The molecule has 2 aromatic heterocycles. The van der Waals surface area contributed by atoms with Crippen molar-refractivity contribution in [3.8, 4) is 0 Å². The van der Waals surface area contributed by atoms with Crippen LogP contribution in [0.4, 0.5) is 0 Å². The van der Waals surface area contributed by atoms with Gasteiger partial charge in [0.2, 0.25) is 0 Å². The molecule has 0 aliphatic heterocycles. The summed E-state index contributed by atoms with van der Waals surface area (Å²) < 4.78 is 3.91. The molecule has 0 radical (unpaired) electrons. The SMILES string of the molecule is CCCn1ccnc1CC(O)c1ccnn1CC. The summed E-state index contributed by atoms with van der Waals surface area (Å²) in [5, 5.41) is 14.4. The molecule has 0 aliphatic rings. The lowest BCUT2D eigenvalue weighted by Crippen LogP contribution is -2.13. The summed E-state index contributed by atoms with van der Waals surface area (Å²) >= 11 is 0. The van der Waals surface area contributed by atoms with E-state index in [4.69, 9.17) is 0 Å². The molecule has 0 aromatic carbocycles. The van der Waals surface area contributed by atoms with Gasteiger partial charge in [0.25, 0.3) is 0 Å². The van der Waals surface area contributed by atoms with Gasteiger partial charge in [0.05, 0.1) is 5.69 Å². The summed E-state index contributed by atoms with van der Waals surface area (Å²) in [5.74, 6) is 0.924. The van der Waals surface area contributed by atoms with Gasteiger partial charge in [-0.15, -0.1) is 0 Å². The lowest BCUT2D eigenvalue weighted by molar-refractivity contribution is 0.163. The van der Waals surface area contributed by atoms with Gasteiger partial charge in [-0.3, -0.25) is 4.68 Å². The molecule has 0 saturated heterocycles. The van der Waals surface area contributed by atoms with Crippen LogP contribution in [0.5, 0.6) is 0 Å². The van der Waals surface area contributed by atoms with Gasteiger partial charge in [-0.1, -0.05) is 6.92 Å². The van der Waals surface area contributed by atoms with Crippen molar-refractivity contribution in [1.29, 1.82) is 0 Å². The zero-order valence-corrected chi connectivity index (χ0v) is 11.0. The van der Waals surface area contributed by atoms with Crippen LogP contribution < -0.4 is 0 Å². The van der Waals surface area contributed by atoms with Gasteiger partial charge in [0.15, 0.2) is 0 Å². The molecule has 0 aliphatic carbocycles. The standard InChI is InChI=1S/C13H20N4O/c1-3-8-16-9-7-14-13(16)10-12(18)11-5-6-15-17(11)4-2/h5-7,9,12,18H,3-4,8,10H2,1-2H3. The van der Waals surface area contributed by atoms with E-state index in [1.807, 2.05) is 23.9 Å². The van der Waals surface area contributed by atoms with E-state index in [0.717, 1.165) is 31.0 Å². The van der Waals surface area contributed by atoms with Crippen molar-refractivity contribution in [2.75, 3.05) is 0 Å². The Morgan fingerprint density at radius 2 is 2.17 bits per heavy atom. The first kappa shape index (κ1) is 12.8. The van der Waals surface area contributed by atoms with Crippen LogP contribution in [0.25, 0.3) is 0 Å². The van der Waals surface area contributed by atoms with Crippen LogP contribution in [0.1, 0.15) is 37.9 Å². The molecule has 0 fully saturated rings. The van der Waals surface area contributed by atoms with Crippen molar-refractivity contribution in [2.45, 2.75) is 45.9 Å². The Labute approximate surface area is 107 Å². The first-order valence-corrected chi connectivity index (χ1v) is 6.46. The Morgan fingerprint density at radius 1 is 1.33 bits per heavy atom. The smallest absolute Gasteiger partial charge is 0.111 e. The highest BCUT2D eigenvalue weighted by Gasteiger charge is 2.15. The highest BCUT2D eigenvalue weighted by atomic mass is 16.3. The van der Waals surface area contributed by atoms with E-state index < -0.39 is 6.10 Å². The molecular weight excluding hydrogens is 228 g/mol. The molecule has 5 nitrogen and oxygen atoms in total. The maximum atomic E-state index is 10.3. The lowest BCUT2D eigenvalue weighted by Gasteiger charge is -2.13. The first-order chi connectivity index (χ1) is 8.76. The maximum Gasteiger partial charge on any atom is 0.111 e. The average Bonchev–Trinajstić information content (AvgIpc) is 2.98. The van der Waals surface area contributed by atoms with Crippen molar-refractivity contribution in [1.82, 2.24) is 19.3 Å². The second kappa shape index (κ2) is 5.82. The number of imidazole rings is 1. The summed E-state index contributed by atoms with van der Waals surface area (Å²) in [4.78, 5) is 4.31. The minimum atomic E-state index is -0.551. The maximum absolute atomic E-state index is 10.3. The van der Waals surface area contributed by atoms with Crippen LogP contribution in [0.2, 0.25) is 0 Å². The number of rotatable bonds is 6. The summed E-state index contributed by atoms with van der Waals surface area (Å²) in [6, 6.07) is 1.86. The number of hydrogen-bond donors (Lipinski definition) is 1. The fourth-order valence-electron chi connectivity index (χ4n) is 2.14. The predicted molar refractivity (Wildman–Crippen MR) is 69.1 cm³/mol. The molecule has 2 rings (SSSR count). The van der Waals surface area contributed by atoms with Crippen molar-refractivity contribution in [3.05, 3.63) is 36.2 Å². The minimum absolute atomic E-state index is 0.526. The molecule has 18 heavy (non-hydrogen) atoms. The van der Waals surface area contributed by atoms with Crippen molar-refractivity contribution >= 4 is 0 Å². The molecule has 5 heteroatoms. The largest absolute Gasteiger partial charge is 0.386 e.